The highest BCUT2D eigenvalue weighted by Gasteiger charge is 2.38. The summed E-state index contributed by atoms with van der Waals surface area (Å²) < 4.78 is 31.2. The van der Waals surface area contributed by atoms with Gasteiger partial charge in [-0.15, -0.1) is 11.8 Å². The second-order valence-electron chi connectivity index (χ2n) is 10.6. The highest BCUT2D eigenvalue weighted by atomic mass is 32.2. The Morgan fingerprint density at radius 1 is 1.02 bits per heavy atom. The van der Waals surface area contributed by atoms with Crippen molar-refractivity contribution >= 4 is 29.4 Å². The average molecular weight is 610 g/mol. The zero-order valence-electron chi connectivity index (χ0n) is 24.1. The maximum absolute atomic E-state index is 15.5. The Morgan fingerprint density at radius 3 is 2.59 bits per heavy atom. The van der Waals surface area contributed by atoms with Crippen molar-refractivity contribution in [2.24, 2.45) is 0 Å². The number of pyridine rings is 1. The second-order valence-corrected chi connectivity index (χ2v) is 11.7. The number of benzene rings is 3. The van der Waals surface area contributed by atoms with E-state index < -0.39 is 16.9 Å². The number of aromatic nitrogens is 3. The molecule has 6 rings (SSSR count). The molecule has 7 nitrogen and oxygen atoms in total. The molecule has 1 aliphatic heterocycles. The third-order valence-corrected chi connectivity index (χ3v) is 8.94. The van der Waals surface area contributed by atoms with Crippen LogP contribution in [0.3, 0.4) is 0 Å². The minimum absolute atomic E-state index is 0.0346. The van der Waals surface area contributed by atoms with Gasteiger partial charge in [-0.1, -0.05) is 54.6 Å². The van der Waals surface area contributed by atoms with E-state index in [1.54, 1.807) is 23.1 Å². The molecule has 0 radical (unpaired) electrons. The monoisotopic (exact) mass is 609 g/mol. The smallest absolute Gasteiger partial charge is 0.240 e. The van der Waals surface area contributed by atoms with Gasteiger partial charge in [0.1, 0.15) is 24.0 Å². The minimum Gasteiger partial charge on any atom is -0.350 e. The molecule has 222 valence electrons. The zero-order chi connectivity index (χ0) is 30.8. The van der Waals surface area contributed by atoms with E-state index in [0.717, 1.165) is 34.0 Å². The fourth-order valence-electron chi connectivity index (χ4n) is 5.32. The molecular formula is C34H29F2N5O2S. The number of thioether (sulfide) groups is 1. The van der Waals surface area contributed by atoms with Crippen LogP contribution in [0.2, 0.25) is 0 Å². The van der Waals surface area contributed by atoms with Crippen LogP contribution in [0.5, 0.6) is 0 Å². The van der Waals surface area contributed by atoms with Crippen molar-refractivity contribution in [1.82, 2.24) is 20.1 Å². The van der Waals surface area contributed by atoms with Crippen LogP contribution in [0, 0.1) is 25.5 Å². The highest BCUT2D eigenvalue weighted by Crippen LogP contribution is 2.49. The quantitative estimate of drug-likeness (QED) is 0.234. The maximum Gasteiger partial charge on any atom is 0.240 e. The van der Waals surface area contributed by atoms with Crippen LogP contribution in [0.25, 0.3) is 16.9 Å². The lowest BCUT2D eigenvalue weighted by molar-refractivity contribution is -0.123. The van der Waals surface area contributed by atoms with Crippen LogP contribution in [-0.2, 0) is 16.1 Å². The highest BCUT2D eigenvalue weighted by molar-refractivity contribution is 8.00. The van der Waals surface area contributed by atoms with Crippen molar-refractivity contribution in [3.63, 3.8) is 0 Å². The lowest BCUT2D eigenvalue weighted by Crippen LogP contribution is -2.42. The Balaban J connectivity index is 1.56. The maximum atomic E-state index is 15.5. The van der Waals surface area contributed by atoms with Gasteiger partial charge in [0.15, 0.2) is 0 Å². The predicted octanol–water partition coefficient (Wildman–Crippen LogP) is 6.31. The Bertz CT molecular complexity index is 1850. The Morgan fingerprint density at radius 2 is 1.84 bits per heavy atom. The number of fused-ring (bicyclic) bond motifs is 1. The van der Waals surface area contributed by atoms with Crippen molar-refractivity contribution < 1.29 is 18.4 Å². The molecule has 3 heterocycles. The molecule has 2 amide bonds. The molecule has 0 saturated heterocycles. The van der Waals surface area contributed by atoms with Gasteiger partial charge in [0.25, 0.3) is 0 Å². The summed E-state index contributed by atoms with van der Waals surface area (Å²) in [6.07, 6.45) is 3.31. The summed E-state index contributed by atoms with van der Waals surface area (Å²) in [4.78, 5) is 32.8. The number of hydrogen-bond donors (Lipinski definition) is 1. The van der Waals surface area contributed by atoms with Gasteiger partial charge in [0.05, 0.1) is 22.4 Å². The molecular weight excluding hydrogens is 580 g/mol. The van der Waals surface area contributed by atoms with Crippen LogP contribution in [0.4, 0.5) is 14.6 Å². The van der Waals surface area contributed by atoms with Crippen LogP contribution in [-0.4, -0.2) is 38.9 Å². The van der Waals surface area contributed by atoms with E-state index in [9.17, 15) is 14.0 Å². The number of rotatable bonds is 7. The zero-order valence-corrected chi connectivity index (χ0v) is 24.9. The first-order chi connectivity index (χ1) is 21.3. The molecule has 1 unspecified atom stereocenters. The fraction of sp³-hybridized carbons (Fsp3) is 0.176. The van der Waals surface area contributed by atoms with Crippen molar-refractivity contribution in [2.75, 3.05) is 17.2 Å². The predicted molar refractivity (Wildman–Crippen MR) is 168 cm³/mol. The minimum atomic E-state index is -0.720. The largest absolute Gasteiger partial charge is 0.350 e. The number of carbonyl (C=O) groups excluding carboxylic acids is 2. The van der Waals surface area contributed by atoms with Gasteiger partial charge in [0.2, 0.25) is 11.8 Å². The van der Waals surface area contributed by atoms with Crippen LogP contribution in [0.1, 0.15) is 33.1 Å². The lowest BCUT2D eigenvalue weighted by atomic mass is 9.99. The van der Waals surface area contributed by atoms with Crippen LogP contribution < -0.4 is 10.2 Å². The van der Waals surface area contributed by atoms with Crippen molar-refractivity contribution in [1.29, 1.82) is 0 Å². The van der Waals surface area contributed by atoms with E-state index in [1.165, 1.54) is 28.8 Å². The third kappa shape index (κ3) is 5.72. The fourth-order valence-corrected chi connectivity index (χ4v) is 6.54. The number of carbonyl (C=O) groups is 2. The van der Waals surface area contributed by atoms with Crippen molar-refractivity contribution in [2.45, 2.75) is 25.6 Å². The summed E-state index contributed by atoms with van der Waals surface area (Å²) in [6.45, 7) is 3.91. The first-order valence-corrected chi connectivity index (χ1v) is 15.1. The van der Waals surface area contributed by atoms with Crippen LogP contribution in [0.15, 0.2) is 91.3 Å². The molecule has 0 aliphatic carbocycles. The van der Waals surface area contributed by atoms with Gasteiger partial charge in [-0.3, -0.25) is 19.5 Å². The summed E-state index contributed by atoms with van der Waals surface area (Å²) in [5.41, 5.74) is 5.59. The van der Waals surface area contributed by atoms with Gasteiger partial charge in [-0.2, -0.15) is 5.10 Å². The van der Waals surface area contributed by atoms with E-state index >= 15 is 4.39 Å². The SMILES string of the molecule is Cc1cccc(-n2nc(-c3ccccc3)c3c2N(CC(=O)NCc2cccnc2)C(=O)CSC3c2ccc(F)cc2F)c1C. The van der Waals surface area contributed by atoms with E-state index in [1.807, 2.05) is 68.4 Å². The number of nitrogens with zero attached hydrogens (tertiary/aromatic N) is 4. The number of amides is 2. The van der Waals surface area contributed by atoms with Crippen molar-refractivity contribution in [3.05, 3.63) is 131 Å². The molecule has 0 spiro atoms. The van der Waals surface area contributed by atoms with E-state index in [-0.39, 0.29) is 36.2 Å². The van der Waals surface area contributed by atoms with Crippen molar-refractivity contribution in [3.8, 4) is 16.9 Å². The summed E-state index contributed by atoms with van der Waals surface area (Å²) >= 11 is 1.23. The van der Waals surface area contributed by atoms with E-state index in [4.69, 9.17) is 5.10 Å². The van der Waals surface area contributed by atoms with E-state index in [0.29, 0.717) is 17.1 Å². The molecule has 0 fully saturated rings. The molecule has 44 heavy (non-hydrogen) atoms. The first kappa shape index (κ1) is 29.3. The number of aryl methyl sites for hydroxylation is 1. The van der Waals surface area contributed by atoms with Crippen LogP contribution >= 0.6 is 11.8 Å². The van der Waals surface area contributed by atoms with E-state index in [2.05, 4.69) is 10.3 Å². The summed E-state index contributed by atoms with van der Waals surface area (Å²) in [5.74, 6) is -1.78. The van der Waals surface area contributed by atoms with Gasteiger partial charge in [-0.05, 0) is 48.7 Å². The molecule has 1 aliphatic rings. The number of halogens is 2. The molecule has 1 atom stereocenters. The lowest BCUT2D eigenvalue weighted by Gasteiger charge is -2.24. The Labute approximate surface area is 257 Å². The molecule has 5 aromatic rings. The Hall–Kier alpha value is -4.83. The average Bonchev–Trinajstić information content (AvgIpc) is 3.35. The number of hydrogen-bond acceptors (Lipinski definition) is 5. The molecule has 0 bridgehead atoms. The topological polar surface area (TPSA) is 80.1 Å². The summed E-state index contributed by atoms with van der Waals surface area (Å²) in [6, 6.07) is 22.4. The standard InChI is InChI=1S/C34H29F2N5O2S/c1-21-8-6-12-28(22(21)2)41-34-31(32(39-41)24-10-4-3-5-11-24)33(26-14-13-25(35)16-27(26)36)44-20-30(43)40(34)19-29(42)38-18-23-9-7-15-37-17-23/h3-17,33H,18-20H2,1-2H3,(H,38,42). The number of nitrogens with one attached hydrogen (secondary N) is 1. The first-order valence-electron chi connectivity index (χ1n) is 14.1. The molecule has 3 aromatic carbocycles. The normalized spacial score (nSPS) is 14.7. The molecule has 2 aromatic heterocycles. The Kier molecular flexibility index (Phi) is 8.25. The summed E-state index contributed by atoms with van der Waals surface area (Å²) in [7, 11) is 0. The van der Waals surface area contributed by atoms with Gasteiger partial charge < -0.3 is 5.32 Å². The van der Waals surface area contributed by atoms with Gasteiger partial charge in [0, 0.05) is 41.7 Å². The third-order valence-electron chi connectivity index (χ3n) is 7.70. The summed E-state index contributed by atoms with van der Waals surface area (Å²) in [5, 5.41) is 7.23. The number of anilines is 1. The van der Waals surface area contributed by atoms with Gasteiger partial charge >= 0.3 is 0 Å². The molecule has 1 N–H and O–H groups in total. The second kappa shape index (κ2) is 12.4. The van der Waals surface area contributed by atoms with Gasteiger partial charge in [-0.25, -0.2) is 13.5 Å². The molecule has 0 saturated carbocycles. The molecule has 10 heteroatoms.